The number of rotatable bonds is 4. The summed E-state index contributed by atoms with van der Waals surface area (Å²) < 4.78 is 5.27. The van der Waals surface area contributed by atoms with E-state index in [-0.39, 0.29) is 11.7 Å². The molecule has 154 valence electrons. The van der Waals surface area contributed by atoms with E-state index in [0.29, 0.717) is 34.0 Å². The van der Waals surface area contributed by atoms with Crippen LogP contribution >= 0.6 is 11.6 Å². The number of dihydropyridines is 1. The van der Waals surface area contributed by atoms with Gasteiger partial charge in [0.05, 0.1) is 12.1 Å². The molecule has 6 heteroatoms. The Kier molecular flexibility index (Phi) is 5.64. The molecule has 0 spiro atoms. The molecule has 0 saturated carbocycles. The highest BCUT2D eigenvalue weighted by molar-refractivity contribution is 6.32. The highest BCUT2D eigenvalue weighted by Gasteiger charge is 2.38. The van der Waals surface area contributed by atoms with Crippen LogP contribution in [-0.2, 0) is 9.59 Å². The second-order valence-corrected chi connectivity index (χ2v) is 7.89. The third-order valence-corrected chi connectivity index (χ3v) is 5.86. The summed E-state index contributed by atoms with van der Waals surface area (Å²) in [5, 5.41) is 6.73. The summed E-state index contributed by atoms with van der Waals surface area (Å²) in [5.41, 5.74) is 4.32. The largest absolute Gasteiger partial charge is 0.495 e. The van der Waals surface area contributed by atoms with Gasteiger partial charge in [-0.25, -0.2) is 0 Å². The van der Waals surface area contributed by atoms with Crippen molar-refractivity contribution in [2.24, 2.45) is 0 Å². The van der Waals surface area contributed by atoms with Crippen molar-refractivity contribution in [3.63, 3.8) is 0 Å². The molecule has 0 bridgehead atoms. The molecule has 1 aliphatic heterocycles. The van der Waals surface area contributed by atoms with Crippen molar-refractivity contribution in [3.8, 4) is 5.75 Å². The summed E-state index contributed by atoms with van der Waals surface area (Å²) in [5.74, 6) is -0.109. The maximum Gasteiger partial charge on any atom is 0.254 e. The monoisotopic (exact) mass is 422 g/mol. The predicted octanol–water partition coefficient (Wildman–Crippen LogP) is 4.96. The quantitative estimate of drug-likeness (QED) is 0.731. The molecule has 2 aromatic carbocycles. The summed E-state index contributed by atoms with van der Waals surface area (Å²) in [6.07, 6.45) is 2.07. The Morgan fingerprint density at radius 2 is 1.93 bits per heavy atom. The van der Waals surface area contributed by atoms with Crippen LogP contribution in [-0.4, -0.2) is 18.8 Å². The molecule has 0 aromatic heterocycles. The highest BCUT2D eigenvalue weighted by atomic mass is 35.5. The van der Waals surface area contributed by atoms with Crippen molar-refractivity contribution >= 4 is 29.0 Å². The minimum atomic E-state index is -0.485. The average Bonchev–Trinajstić information content (AvgIpc) is 2.73. The van der Waals surface area contributed by atoms with E-state index in [0.717, 1.165) is 29.8 Å². The van der Waals surface area contributed by atoms with Crippen LogP contribution in [0, 0.1) is 0 Å². The van der Waals surface area contributed by atoms with Gasteiger partial charge in [0.2, 0.25) is 0 Å². The molecule has 2 aliphatic rings. The van der Waals surface area contributed by atoms with Crippen molar-refractivity contribution in [1.29, 1.82) is 0 Å². The Hall–Kier alpha value is -3.05. The lowest BCUT2D eigenvalue weighted by molar-refractivity contribution is -0.116. The number of anilines is 1. The number of nitrogens with one attached hydrogen (secondary N) is 2. The Balaban J connectivity index is 1.81. The van der Waals surface area contributed by atoms with Gasteiger partial charge >= 0.3 is 0 Å². The molecular weight excluding hydrogens is 400 g/mol. The average molecular weight is 423 g/mol. The summed E-state index contributed by atoms with van der Waals surface area (Å²) in [4.78, 5) is 26.3. The van der Waals surface area contributed by atoms with Crippen molar-refractivity contribution in [2.45, 2.75) is 32.1 Å². The van der Waals surface area contributed by atoms with Gasteiger partial charge in [0.15, 0.2) is 5.78 Å². The van der Waals surface area contributed by atoms with Gasteiger partial charge in [-0.1, -0.05) is 35.9 Å². The van der Waals surface area contributed by atoms with Gasteiger partial charge in [-0.2, -0.15) is 0 Å². The molecule has 0 saturated heterocycles. The van der Waals surface area contributed by atoms with Crippen LogP contribution in [0.5, 0.6) is 5.75 Å². The number of carbonyl (C=O) groups is 2. The van der Waals surface area contributed by atoms with E-state index in [2.05, 4.69) is 10.6 Å². The lowest BCUT2D eigenvalue weighted by Gasteiger charge is -2.34. The van der Waals surface area contributed by atoms with E-state index >= 15 is 0 Å². The number of benzene rings is 2. The zero-order valence-electron chi connectivity index (χ0n) is 16.9. The number of methoxy groups -OCH3 is 1. The first kappa shape index (κ1) is 20.2. The summed E-state index contributed by atoms with van der Waals surface area (Å²) >= 11 is 6.40. The predicted molar refractivity (Wildman–Crippen MR) is 118 cm³/mol. The Bertz CT molecular complexity index is 1070. The van der Waals surface area contributed by atoms with Gasteiger partial charge in [0.25, 0.3) is 5.91 Å². The first-order valence-electron chi connectivity index (χ1n) is 9.93. The highest BCUT2D eigenvalue weighted by Crippen LogP contribution is 2.43. The minimum Gasteiger partial charge on any atom is -0.495 e. The number of hydrogen-bond donors (Lipinski definition) is 2. The van der Waals surface area contributed by atoms with Crippen molar-refractivity contribution in [2.75, 3.05) is 12.4 Å². The smallest absolute Gasteiger partial charge is 0.254 e. The number of amides is 1. The van der Waals surface area contributed by atoms with E-state index in [9.17, 15) is 9.59 Å². The van der Waals surface area contributed by atoms with Crippen LogP contribution < -0.4 is 15.4 Å². The van der Waals surface area contributed by atoms with Crippen molar-refractivity contribution in [3.05, 3.63) is 81.7 Å². The van der Waals surface area contributed by atoms with E-state index in [1.807, 2.05) is 43.3 Å². The zero-order valence-corrected chi connectivity index (χ0v) is 17.7. The minimum absolute atomic E-state index is 0.0678. The van der Waals surface area contributed by atoms with Gasteiger partial charge in [0.1, 0.15) is 5.75 Å². The van der Waals surface area contributed by atoms with Gasteiger partial charge in [-0.15, -0.1) is 0 Å². The molecule has 1 heterocycles. The van der Waals surface area contributed by atoms with Gasteiger partial charge in [0, 0.05) is 40.6 Å². The maximum absolute atomic E-state index is 13.4. The summed E-state index contributed by atoms with van der Waals surface area (Å²) in [6, 6.07) is 14.7. The molecule has 1 atom stereocenters. The molecule has 1 unspecified atom stereocenters. The maximum atomic E-state index is 13.4. The number of para-hydroxylation sites is 1. The first-order valence-corrected chi connectivity index (χ1v) is 10.3. The number of carbonyl (C=O) groups excluding carboxylic acids is 2. The van der Waals surface area contributed by atoms with Crippen molar-refractivity contribution in [1.82, 2.24) is 5.32 Å². The zero-order chi connectivity index (χ0) is 21.3. The van der Waals surface area contributed by atoms with E-state index in [1.54, 1.807) is 19.2 Å². The molecule has 0 radical (unpaired) electrons. The molecule has 5 nitrogen and oxygen atoms in total. The van der Waals surface area contributed by atoms with Crippen LogP contribution in [0.4, 0.5) is 5.69 Å². The Labute approximate surface area is 180 Å². The third kappa shape index (κ3) is 3.73. The third-order valence-electron chi connectivity index (χ3n) is 5.56. The van der Waals surface area contributed by atoms with Crippen LogP contribution in [0.1, 0.15) is 37.7 Å². The van der Waals surface area contributed by atoms with E-state index < -0.39 is 5.92 Å². The summed E-state index contributed by atoms with van der Waals surface area (Å²) in [6.45, 7) is 1.88. The number of allylic oxidation sites excluding steroid dienone is 3. The Morgan fingerprint density at radius 1 is 1.17 bits per heavy atom. The SMILES string of the molecule is COc1ccc(C2C(C(=O)Nc3ccccc3)=C(C)NC3=C2C(=O)CCC3)cc1Cl. The molecule has 1 amide bonds. The standard InChI is InChI=1S/C24H23ClN2O3/c1-14-21(24(29)27-16-7-4-3-5-8-16)22(15-11-12-20(30-2)17(25)13-15)23-18(26-14)9-6-10-19(23)28/h3-5,7-8,11-13,22,26H,6,9-10H2,1-2H3,(H,27,29). The lowest BCUT2D eigenvalue weighted by atomic mass is 9.75. The first-order chi connectivity index (χ1) is 14.5. The molecule has 1 aliphatic carbocycles. The fraction of sp³-hybridized carbons (Fsp3) is 0.250. The van der Waals surface area contributed by atoms with Crippen LogP contribution in [0.25, 0.3) is 0 Å². The van der Waals surface area contributed by atoms with E-state index in [4.69, 9.17) is 16.3 Å². The second kappa shape index (κ2) is 8.36. The number of halogens is 1. The van der Waals surface area contributed by atoms with Gasteiger partial charge in [-0.3, -0.25) is 9.59 Å². The fourth-order valence-corrected chi connectivity index (χ4v) is 4.47. The number of ketones is 1. The molecule has 30 heavy (non-hydrogen) atoms. The van der Waals surface area contributed by atoms with Crippen LogP contribution in [0.2, 0.25) is 5.02 Å². The van der Waals surface area contributed by atoms with Crippen LogP contribution in [0.3, 0.4) is 0 Å². The van der Waals surface area contributed by atoms with Crippen LogP contribution in [0.15, 0.2) is 71.1 Å². The number of hydrogen-bond acceptors (Lipinski definition) is 4. The topological polar surface area (TPSA) is 67.4 Å². The number of Topliss-reactive ketones (excluding diaryl/α,β-unsaturated/α-hetero) is 1. The second-order valence-electron chi connectivity index (χ2n) is 7.48. The molecular formula is C24H23ClN2O3. The van der Waals surface area contributed by atoms with E-state index in [1.165, 1.54) is 0 Å². The Morgan fingerprint density at radius 3 is 2.63 bits per heavy atom. The van der Waals surface area contributed by atoms with Gasteiger partial charge < -0.3 is 15.4 Å². The summed E-state index contributed by atoms with van der Waals surface area (Å²) in [7, 11) is 1.56. The molecule has 2 N–H and O–H groups in total. The lowest BCUT2D eigenvalue weighted by Crippen LogP contribution is -2.35. The normalized spacial score (nSPS) is 18.6. The fourth-order valence-electron chi connectivity index (χ4n) is 4.20. The molecule has 4 rings (SSSR count). The molecule has 0 fully saturated rings. The van der Waals surface area contributed by atoms with Crippen molar-refractivity contribution < 1.29 is 14.3 Å². The number of ether oxygens (including phenoxy) is 1. The molecule has 2 aromatic rings. The van der Waals surface area contributed by atoms with Gasteiger partial charge in [-0.05, 0) is 49.6 Å².